The molecule has 1 aromatic rings. The number of carbonyl (C=O) groups excluding carboxylic acids is 1. The maximum atomic E-state index is 13.4. The Bertz CT molecular complexity index is 651. The van der Waals surface area contributed by atoms with E-state index in [-0.39, 0.29) is 36.5 Å². The highest BCUT2D eigenvalue weighted by atomic mass is 35.5. The number of rotatable bonds is 6. The average molecular weight is 446 g/mol. The first-order chi connectivity index (χ1) is 13.2. The van der Waals surface area contributed by atoms with Crippen molar-refractivity contribution in [3.8, 4) is 0 Å². The number of carbonyl (C=O) groups is 1. The van der Waals surface area contributed by atoms with Crippen molar-refractivity contribution in [1.82, 2.24) is 15.1 Å². The molecule has 29 heavy (non-hydrogen) atoms. The number of nitrogens with one attached hydrogen (secondary N) is 1. The first kappa shape index (κ1) is 24.4. The number of nitrogens with zero attached hydrogens (tertiary/aromatic N) is 2. The molecule has 3 fully saturated rings. The van der Waals surface area contributed by atoms with Crippen molar-refractivity contribution in [3.63, 3.8) is 0 Å². The summed E-state index contributed by atoms with van der Waals surface area (Å²) >= 11 is 0. The molecule has 0 aromatic heterocycles. The zero-order valence-electron chi connectivity index (χ0n) is 17.0. The molecular formula is C22H34Cl2FN3O. The van der Waals surface area contributed by atoms with Gasteiger partial charge in [0.05, 0.1) is 5.92 Å². The molecular weight excluding hydrogens is 412 g/mol. The zero-order chi connectivity index (χ0) is 18.6. The van der Waals surface area contributed by atoms with E-state index in [1.807, 2.05) is 6.07 Å². The van der Waals surface area contributed by atoms with Crippen molar-refractivity contribution < 1.29 is 9.18 Å². The van der Waals surface area contributed by atoms with Gasteiger partial charge in [0.25, 0.3) is 0 Å². The van der Waals surface area contributed by atoms with Crippen LogP contribution in [-0.4, -0.2) is 54.5 Å². The summed E-state index contributed by atoms with van der Waals surface area (Å²) in [7, 11) is 0. The van der Waals surface area contributed by atoms with Gasteiger partial charge in [-0.25, -0.2) is 4.39 Å². The molecule has 1 aliphatic carbocycles. The van der Waals surface area contributed by atoms with E-state index < -0.39 is 0 Å². The van der Waals surface area contributed by atoms with Crippen LogP contribution in [0, 0.1) is 17.7 Å². The molecule has 2 heterocycles. The van der Waals surface area contributed by atoms with Crippen LogP contribution >= 0.6 is 24.8 Å². The van der Waals surface area contributed by atoms with Crippen LogP contribution in [0.4, 0.5) is 4.39 Å². The zero-order valence-corrected chi connectivity index (χ0v) is 18.7. The van der Waals surface area contributed by atoms with E-state index in [1.165, 1.54) is 18.9 Å². The Morgan fingerprint density at radius 3 is 2.52 bits per heavy atom. The summed E-state index contributed by atoms with van der Waals surface area (Å²) in [6.07, 6.45) is 6.97. The summed E-state index contributed by atoms with van der Waals surface area (Å²) in [5, 5.41) is 3.68. The number of amides is 1. The lowest BCUT2D eigenvalue weighted by Gasteiger charge is -2.38. The Labute approximate surface area is 186 Å². The van der Waals surface area contributed by atoms with Crippen molar-refractivity contribution in [2.75, 3.05) is 32.7 Å². The summed E-state index contributed by atoms with van der Waals surface area (Å²) in [6.45, 7) is 5.47. The van der Waals surface area contributed by atoms with Crippen LogP contribution in [-0.2, 0) is 11.3 Å². The highest BCUT2D eigenvalue weighted by Gasteiger charge is 2.32. The minimum absolute atomic E-state index is 0. The third kappa shape index (κ3) is 7.09. The Kier molecular flexibility index (Phi) is 9.67. The normalized spacial score (nSPS) is 23.2. The van der Waals surface area contributed by atoms with Gasteiger partial charge in [0, 0.05) is 32.2 Å². The second kappa shape index (κ2) is 11.5. The third-order valence-electron chi connectivity index (χ3n) is 6.35. The van der Waals surface area contributed by atoms with Gasteiger partial charge < -0.3 is 10.2 Å². The minimum atomic E-state index is -0.185. The first-order valence-corrected chi connectivity index (χ1v) is 10.7. The average Bonchev–Trinajstić information content (AvgIpc) is 3.51. The molecule has 4 rings (SSSR count). The number of benzene rings is 1. The minimum Gasteiger partial charge on any atom is -0.342 e. The van der Waals surface area contributed by atoms with Crippen LogP contribution < -0.4 is 5.32 Å². The van der Waals surface area contributed by atoms with E-state index >= 15 is 0 Å². The molecule has 2 saturated heterocycles. The summed E-state index contributed by atoms with van der Waals surface area (Å²) < 4.78 is 13.4. The van der Waals surface area contributed by atoms with Crippen molar-refractivity contribution in [3.05, 3.63) is 35.6 Å². The van der Waals surface area contributed by atoms with Crippen LogP contribution in [0.25, 0.3) is 0 Å². The topological polar surface area (TPSA) is 35.6 Å². The molecule has 1 aromatic carbocycles. The molecule has 1 unspecified atom stereocenters. The molecule has 2 aliphatic heterocycles. The monoisotopic (exact) mass is 445 g/mol. The van der Waals surface area contributed by atoms with Crippen LogP contribution in [0.1, 0.15) is 44.1 Å². The van der Waals surface area contributed by atoms with Gasteiger partial charge in [-0.15, -0.1) is 24.8 Å². The molecule has 1 saturated carbocycles. The molecule has 1 atom stereocenters. The fourth-order valence-electron chi connectivity index (χ4n) is 4.51. The molecule has 3 aliphatic rings. The van der Waals surface area contributed by atoms with Gasteiger partial charge in [-0.2, -0.15) is 0 Å². The quantitative estimate of drug-likeness (QED) is 0.721. The maximum absolute atomic E-state index is 13.4. The Morgan fingerprint density at radius 1 is 1.07 bits per heavy atom. The second-order valence-corrected chi connectivity index (χ2v) is 8.66. The summed E-state index contributed by atoms with van der Waals surface area (Å²) in [6, 6.07) is 7.40. The second-order valence-electron chi connectivity index (χ2n) is 8.66. The lowest BCUT2D eigenvalue weighted by Crippen LogP contribution is -2.49. The number of hydrogen-bond acceptors (Lipinski definition) is 3. The van der Waals surface area contributed by atoms with E-state index in [2.05, 4.69) is 15.1 Å². The maximum Gasteiger partial charge on any atom is 0.226 e. The van der Waals surface area contributed by atoms with Gasteiger partial charge in [-0.1, -0.05) is 12.1 Å². The van der Waals surface area contributed by atoms with Crippen LogP contribution in [0.2, 0.25) is 0 Å². The van der Waals surface area contributed by atoms with Gasteiger partial charge in [-0.05, 0) is 75.2 Å². The van der Waals surface area contributed by atoms with E-state index in [0.717, 1.165) is 76.4 Å². The fraction of sp³-hybridized carbons (Fsp3) is 0.682. The fourth-order valence-corrected chi connectivity index (χ4v) is 4.51. The van der Waals surface area contributed by atoms with Crippen LogP contribution in [0.5, 0.6) is 0 Å². The van der Waals surface area contributed by atoms with Crippen molar-refractivity contribution in [2.24, 2.45) is 11.8 Å². The molecule has 7 heteroatoms. The predicted molar refractivity (Wildman–Crippen MR) is 119 cm³/mol. The van der Waals surface area contributed by atoms with E-state index in [4.69, 9.17) is 0 Å². The lowest BCUT2D eigenvalue weighted by atomic mass is 9.94. The summed E-state index contributed by atoms with van der Waals surface area (Å²) in [4.78, 5) is 17.4. The number of halogens is 3. The van der Waals surface area contributed by atoms with Crippen molar-refractivity contribution >= 4 is 30.7 Å². The number of piperidine rings is 2. The first-order valence-electron chi connectivity index (χ1n) is 10.7. The molecule has 4 nitrogen and oxygen atoms in total. The number of likely N-dealkylation sites (tertiary alicyclic amines) is 2. The van der Waals surface area contributed by atoms with E-state index in [0.29, 0.717) is 11.9 Å². The molecule has 1 amide bonds. The Morgan fingerprint density at radius 2 is 1.83 bits per heavy atom. The van der Waals surface area contributed by atoms with Gasteiger partial charge >= 0.3 is 0 Å². The summed E-state index contributed by atoms with van der Waals surface area (Å²) in [5.41, 5.74) is 0.991. The van der Waals surface area contributed by atoms with Gasteiger partial charge in [0.2, 0.25) is 5.91 Å². The third-order valence-corrected chi connectivity index (χ3v) is 6.35. The summed E-state index contributed by atoms with van der Waals surface area (Å²) in [5.74, 6) is 1.16. The van der Waals surface area contributed by atoms with Gasteiger partial charge in [-0.3, -0.25) is 9.69 Å². The van der Waals surface area contributed by atoms with E-state index in [9.17, 15) is 9.18 Å². The Hall–Kier alpha value is -0.880. The van der Waals surface area contributed by atoms with E-state index in [1.54, 1.807) is 12.1 Å². The SMILES string of the molecule is Cl.Cl.O=C(C1CCCN(Cc2cccc(F)c2)C1)N1CCC(NCC2CC2)CC1. The van der Waals surface area contributed by atoms with Crippen molar-refractivity contribution in [1.29, 1.82) is 0 Å². The highest BCUT2D eigenvalue weighted by molar-refractivity contribution is 5.85. The van der Waals surface area contributed by atoms with Crippen LogP contribution in [0.3, 0.4) is 0 Å². The highest BCUT2D eigenvalue weighted by Crippen LogP contribution is 2.28. The smallest absolute Gasteiger partial charge is 0.226 e. The predicted octanol–water partition coefficient (Wildman–Crippen LogP) is 3.87. The lowest BCUT2D eigenvalue weighted by molar-refractivity contribution is -0.138. The Balaban J connectivity index is 0.00000150. The molecule has 164 valence electrons. The van der Waals surface area contributed by atoms with Crippen LogP contribution in [0.15, 0.2) is 24.3 Å². The molecule has 0 spiro atoms. The van der Waals surface area contributed by atoms with Gasteiger partial charge in [0.15, 0.2) is 0 Å². The molecule has 0 radical (unpaired) electrons. The van der Waals surface area contributed by atoms with Crippen molar-refractivity contribution in [2.45, 2.75) is 51.1 Å². The number of hydrogen-bond donors (Lipinski definition) is 1. The molecule has 1 N–H and O–H groups in total. The van der Waals surface area contributed by atoms with Gasteiger partial charge in [0.1, 0.15) is 5.82 Å². The molecule has 0 bridgehead atoms. The standard InChI is InChI=1S/C22H32FN3O.2ClH/c23-20-5-1-3-18(13-20)15-25-10-2-4-19(16-25)22(27)26-11-8-21(9-12-26)24-14-17-6-7-17;;/h1,3,5,13,17,19,21,24H,2,4,6-12,14-16H2;2*1H. The largest absolute Gasteiger partial charge is 0.342 e.